The second kappa shape index (κ2) is 7.11. The largest absolute Gasteiger partial charge is 0.495 e. The summed E-state index contributed by atoms with van der Waals surface area (Å²) in [5.74, 6) is -1.51. The number of sulfonamides is 1. The minimum absolute atomic E-state index is 0.0586. The molecule has 0 spiro atoms. The van der Waals surface area contributed by atoms with E-state index in [0.717, 1.165) is 0 Å². The molecule has 2 N–H and O–H groups in total. The Hall–Kier alpha value is -1.31. The van der Waals surface area contributed by atoms with E-state index in [1.807, 2.05) is 0 Å². The molecule has 0 aromatic heterocycles. The monoisotopic (exact) mass is 335 g/mol. The van der Waals surface area contributed by atoms with Crippen LogP contribution in [0.15, 0.2) is 23.1 Å². The van der Waals surface area contributed by atoms with Gasteiger partial charge in [0.25, 0.3) is 0 Å². The van der Waals surface area contributed by atoms with E-state index in [0.29, 0.717) is 11.4 Å². The van der Waals surface area contributed by atoms with E-state index in [4.69, 9.17) is 16.3 Å². The molecule has 118 valence electrons. The zero-order valence-electron chi connectivity index (χ0n) is 12.0. The molecule has 0 heterocycles. The minimum Gasteiger partial charge on any atom is -0.495 e. The number of rotatable bonds is 7. The van der Waals surface area contributed by atoms with E-state index >= 15 is 0 Å². The van der Waals surface area contributed by atoms with Crippen LogP contribution in [0.4, 0.5) is 0 Å². The van der Waals surface area contributed by atoms with Crippen LogP contribution in [0.1, 0.15) is 20.3 Å². The Kier molecular flexibility index (Phi) is 6.00. The van der Waals surface area contributed by atoms with Gasteiger partial charge < -0.3 is 9.84 Å². The molecule has 21 heavy (non-hydrogen) atoms. The first kappa shape index (κ1) is 17.7. The number of hydrogen-bond donors (Lipinski definition) is 2. The van der Waals surface area contributed by atoms with Crippen molar-refractivity contribution >= 4 is 27.6 Å². The summed E-state index contributed by atoms with van der Waals surface area (Å²) in [5, 5.41) is 9.50. The number of halogens is 1. The summed E-state index contributed by atoms with van der Waals surface area (Å²) < 4.78 is 31.9. The lowest BCUT2D eigenvalue weighted by Crippen LogP contribution is -2.44. The summed E-state index contributed by atoms with van der Waals surface area (Å²) >= 11 is 5.79. The van der Waals surface area contributed by atoms with E-state index in [1.54, 1.807) is 13.8 Å². The van der Waals surface area contributed by atoms with Crippen LogP contribution in [-0.2, 0) is 14.8 Å². The summed E-state index contributed by atoms with van der Waals surface area (Å²) in [4.78, 5) is 11.1. The van der Waals surface area contributed by atoms with E-state index in [-0.39, 0.29) is 16.6 Å². The molecule has 0 aliphatic heterocycles. The van der Waals surface area contributed by atoms with Gasteiger partial charge in [0.05, 0.1) is 7.11 Å². The van der Waals surface area contributed by atoms with Crippen LogP contribution in [0.5, 0.6) is 5.75 Å². The average molecular weight is 336 g/mol. The van der Waals surface area contributed by atoms with Gasteiger partial charge >= 0.3 is 5.97 Å². The summed E-state index contributed by atoms with van der Waals surface area (Å²) in [6.45, 7) is 3.46. The number of carboxylic acid groups (broad SMARTS) is 1. The molecule has 6 nitrogen and oxygen atoms in total. The average Bonchev–Trinajstić information content (AvgIpc) is 2.43. The predicted molar refractivity (Wildman–Crippen MR) is 79.2 cm³/mol. The predicted octanol–water partition coefficient (Wildman–Crippen LogP) is 2.13. The van der Waals surface area contributed by atoms with Gasteiger partial charge in [-0.15, -0.1) is 0 Å². The molecular weight excluding hydrogens is 318 g/mol. The SMILES string of the molecule is CCC(C)[C@H](NS(=O)(=O)c1ccc(Cl)cc1OC)C(=O)O. The molecule has 2 atom stereocenters. The van der Waals surface area contributed by atoms with Gasteiger partial charge in [0, 0.05) is 11.1 Å². The molecule has 0 fully saturated rings. The molecule has 1 rings (SSSR count). The van der Waals surface area contributed by atoms with Crippen molar-refractivity contribution in [2.75, 3.05) is 7.11 Å². The lowest BCUT2D eigenvalue weighted by atomic mass is 10.0. The van der Waals surface area contributed by atoms with Crippen molar-refractivity contribution < 1.29 is 23.1 Å². The van der Waals surface area contributed by atoms with Crippen LogP contribution in [-0.4, -0.2) is 32.6 Å². The van der Waals surface area contributed by atoms with Crippen molar-refractivity contribution in [2.45, 2.75) is 31.2 Å². The fourth-order valence-electron chi connectivity index (χ4n) is 1.74. The Bertz CT molecular complexity index is 617. The van der Waals surface area contributed by atoms with Crippen LogP contribution < -0.4 is 9.46 Å². The van der Waals surface area contributed by atoms with E-state index in [9.17, 15) is 18.3 Å². The topological polar surface area (TPSA) is 92.7 Å². The van der Waals surface area contributed by atoms with Crippen LogP contribution >= 0.6 is 11.6 Å². The second-order valence-electron chi connectivity index (χ2n) is 4.62. The smallest absolute Gasteiger partial charge is 0.322 e. The quantitative estimate of drug-likeness (QED) is 0.796. The Morgan fingerprint density at radius 3 is 2.57 bits per heavy atom. The van der Waals surface area contributed by atoms with Crippen molar-refractivity contribution in [1.29, 1.82) is 0 Å². The molecule has 0 aliphatic carbocycles. The molecule has 1 unspecified atom stereocenters. The van der Waals surface area contributed by atoms with Gasteiger partial charge in [0.1, 0.15) is 16.7 Å². The molecule has 0 radical (unpaired) electrons. The van der Waals surface area contributed by atoms with Crippen molar-refractivity contribution in [3.8, 4) is 5.75 Å². The Balaban J connectivity index is 3.19. The minimum atomic E-state index is -4.03. The molecule has 0 aliphatic rings. The summed E-state index contributed by atoms with van der Waals surface area (Å²) in [6.07, 6.45) is 0.525. The Morgan fingerprint density at radius 1 is 1.48 bits per heavy atom. The van der Waals surface area contributed by atoms with Gasteiger partial charge in [-0.05, 0) is 18.1 Å². The number of methoxy groups -OCH3 is 1. The zero-order chi connectivity index (χ0) is 16.2. The number of carbonyl (C=O) groups is 1. The Labute approximate surface area is 129 Å². The van der Waals surface area contributed by atoms with Crippen LogP contribution in [0.2, 0.25) is 5.02 Å². The van der Waals surface area contributed by atoms with Gasteiger partial charge in [0.15, 0.2) is 0 Å². The number of ether oxygens (including phenoxy) is 1. The maximum Gasteiger partial charge on any atom is 0.322 e. The first-order chi connectivity index (χ1) is 9.72. The maximum atomic E-state index is 12.4. The third kappa shape index (κ3) is 4.33. The molecule has 0 bridgehead atoms. The van der Waals surface area contributed by atoms with Gasteiger partial charge in [-0.25, -0.2) is 8.42 Å². The van der Waals surface area contributed by atoms with E-state index in [1.165, 1.54) is 25.3 Å². The molecular formula is C13H18ClNO5S. The highest BCUT2D eigenvalue weighted by Gasteiger charge is 2.30. The molecule has 0 saturated heterocycles. The molecule has 1 aromatic rings. The van der Waals surface area contributed by atoms with Crippen molar-refractivity contribution in [3.05, 3.63) is 23.2 Å². The normalized spacial score (nSPS) is 14.5. The highest BCUT2D eigenvalue weighted by atomic mass is 35.5. The van der Waals surface area contributed by atoms with Crippen molar-refractivity contribution in [2.24, 2.45) is 5.92 Å². The van der Waals surface area contributed by atoms with Crippen LogP contribution in [0.3, 0.4) is 0 Å². The number of benzene rings is 1. The summed E-state index contributed by atoms with van der Waals surface area (Å²) in [7, 11) is -2.72. The summed E-state index contributed by atoms with van der Waals surface area (Å²) in [6, 6.07) is 2.83. The lowest BCUT2D eigenvalue weighted by molar-refractivity contribution is -0.140. The zero-order valence-corrected chi connectivity index (χ0v) is 13.5. The first-order valence-electron chi connectivity index (χ1n) is 6.31. The highest BCUT2D eigenvalue weighted by molar-refractivity contribution is 7.89. The van der Waals surface area contributed by atoms with Gasteiger partial charge in [0.2, 0.25) is 10.0 Å². The third-order valence-electron chi connectivity index (χ3n) is 3.18. The Morgan fingerprint density at radius 2 is 2.10 bits per heavy atom. The van der Waals surface area contributed by atoms with Gasteiger partial charge in [-0.3, -0.25) is 4.79 Å². The molecule has 1 aromatic carbocycles. The highest BCUT2D eigenvalue weighted by Crippen LogP contribution is 2.27. The first-order valence-corrected chi connectivity index (χ1v) is 8.17. The third-order valence-corrected chi connectivity index (χ3v) is 4.89. The fourth-order valence-corrected chi connectivity index (χ4v) is 3.35. The second-order valence-corrected chi connectivity index (χ2v) is 6.74. The van der Waals surface area contributed by atoms with Gasteiger partial charge in [-0.2, -0.15) is 4.72 Å². The molecule has 0 saturated carbocycles. The molecule has 8 heteroatoms. The van der Waals surface area contributed by atoms with E-state index < -0.39 is 22.0 Å². The standard InChI is InChI=1S/C13H18ClNO5S/c1-4-8(2)12(13(16)17)15-21(18,19)11-6-5-9(14)7-10(11)20-3/h5-8,12,15H,4H2,1-3H3,(H,16,17)/t8?,12-/m0/s1. The summed E-state index contributed by atoms with van der Waals surface area (Å²) in [5.41, 5.74) is 0. The van der Waals surface area contributed by atoms with Crippen molar-refractivity contribution in [3.63, 3.8) is 0 Å². The maximum absolute atomic E-state index is 12.4. The van der Waals surface area contributed by atoms with E-state index in [2.05, 4.69) is 4.72 Å². The van der Waals surface area contributed by atoms with Crippen LogP contribution in [0, 0.1) is 5.92 Å². The number of hydrogen-bond acceptors (Lipinski definition) is 4. The fraction of sp³-hybridized carbons (Fsp3) is 0.462. The number of carboxylic acids is 1. The lowest BCUT2D eigenvalue weighted by Gasteiger charge is -2.20. The van der Waals surface area contributed by atoms with Crippen molar-refractivity contribution in [1.82, 2.24) is 4.72 Å². The van der Waals surface area contributed by atoms with Crippen LogP contribution in [0.25, 0.3) is 0 Å². The number of nitrogens with one attached hydrogen (secondary N) is 1. The van der Waals surface area contributed by atoms with Gasteiger partial charge in [-0.1, -0.05) is 31.9 Å². The molecule has 0 amide bonds. The number of aliphatic carboxylic acids is 1.